The van der Waals surface area contributed by atoms with Crippen molar-refractivity contribution in [2.75, 3.05) is 6.54 Å². The molecule has 0 radical (unpaired) electrons. The van der Waals surface area contributed by atoms with Crippen LogP contribution in [0, 0.1) is 0 Å². The lowest BCUT2D eigenvalue weighted by Gasteiger charge is -2.48. The number of carbonyl (C=O) groups excluding carboxylic acids is 1. The summed E-state index contributed by atoms with van der Waals surface area (Å²) in [5, 5.41) is 6.83. The second-order valence-corrected chi connectivity index (χ2v) is 5.42. The van der Waals surface area contributed by atoms with Gasteiger partial charge in [-0.1, -0.05) is 13.3 Å². The zero-order chi connectivity index (χ0) is 11.4. The average molecular weight is 224 g/mol. The standard InChI is InChI=1S/C13H24N2O/c1-2-3-5-12(16)15-11-6-9-14-13(10-11)7-4-8-13/h11,14H,2-10H2,1H3,(H,15,16)/t11-/m1/s1. The molecule has 16 heavy (non-hydrogen) atoms. The molecule has 2 fully saturated rings. The molecule has 2 rings (SSSR count). The van der Waals surface area contributed by atoms with Crippen LogP contribution in [0.15, 0.2) is 0 Å². The lowest BCUT2D eigenvalue weighted by molar-refractivity contribution is -0.122. The van der Waals surface area contributed by atoms with Gasteiger partial charge in [0.05, 0.1) is 0 Å². The molecule has 1 aliphatic heterocycles. The van der Waals surface area contributed by atoms with Crippen molar-refractivity contribution >= 4 is 5.91 Å². The van der Waals surface area contributed by atoms with E-state index < -0.39 is 0 Å². The molecule has 1 spiro atoms. The molecule has 1 saturated heterocycles. The van der Waals surface area contributed by atoms with Crippen molar-refractivity contribution in [1.82, 2.24) is 10.6 Å². The number of rotatable bonds is 4. The number of hydrogen-bond donors (Lipinski definition) is 2. The van der Waals surface area contributed by atoms with Crippen molar-refractivity contribution in [3.05, 3.63) is 0 Å². The quantitative estimate of drug-likeness (QED) is 0.766. The van der Waals surface area contributed by atoms with E-state index in [2.05, 4.69) is 17.6 Å². The third-order valence-electron chi connectivity index (χ3n) is 4.06. The van der Waals surface area contributed by atoms with Crippen molar-refractivity contribution in [3.8, 4) is 0 Å². The molecule has 0 bridgehead atoms. The summed E-state index contributed by atoms with van der Waals surface area (Å²) in [5.74, 6) is 0.253. The Bertz CT molecular complexity index is 248. The number of carbonyl (C=O) groups is 1. The van der Waals surface area contributed by atoms with Crippen LogP contribution in [0.1, 0.15) is 58.3 Å². The van der Waals surface area contributed by atoms with Crippen LogP contribution in [0.3, 0.4) is 0 Å². The van der Waals surface area contributed by atoms with E-state index in [9.17, 15) is 4.79 Å². The highest BCUT2D eigenvalue weighted by Gasteiger charge is 2.41. The molecule has 0 aromatic carbocycles. The first-order chi connectivity index (χ1) is 7.74. The smallest absolute Gasteiger partial charge is 0.220 e. The van der Waals surface area contributed by atoms with Gasteiger partial charge >= 0.3 is 0 Å². The molecule has 0 aromatic rings. The molecule has 1 aliphatic carbocycles. The molecule has 1 saturated carbocycles. The summed E-state index contributed by atoms with van der Waals surface area (Å²) in [6, 6.07) is 0.422. The van der Waals surface area contributed by atoms with Gasteiger partial charge in [-0.25, -0.2) is 0 Å². The van der Waals surface area contributed by atoms with Crippen molar-refractivity contribution in [2.45, 2.75) is 69.9 Å². The summed E-state index contributed by atoms with van der Waals surface area (Å²) in [5.41, 5.74) is 0.390. The van der Waals surface area contributed by atoms with E-state index >= 15 is 0 Å². The van der Waals surface area contributed by atoms with Crippen LogP contribution in [0.4, 0.5) is 0 Å². The highest BCUT2D eigenvalue weighted by atomic mass is 16.1. The number of hydrogen-bond acceptors (Lipinski definition) is 2. The Morgan fingerprint density at radius 1 is 1.50 bits per heavy atom. The molecule has 0 aromatic heterocycles. The summed E-state index contributed by atoms with van der Waals surface area (Å²) in [6.45, 7) is 3.19. The lowest BCUT2D eigenvalue weighted by atomic mass is 9.70. The Kier molecular flexibility index (Phi) is 3.85. The van der Waals surface area contributed by atoms with E-state index in [0.717, 1.165) is 32.2 Å². The minimum atomic E-state index is 0.253. The SMILES string of the molecule is CCCCC(=O)N[C@@H]1CCNC2(CCC2)C1. The van der Waals surface area contributed by atoms with Gasteiger partial charge in [-0.15, -0.1) is 0 Å². The normalized spacial score (nSPS) is 27.4. The van der Waals surface area contributed by atoms with E-state index in [4.69, 9.17) is 0 Å². The molecule has 3 heteroatoms. The van der Waals surface area contributed by atoms with E-state index in [1.807, 2.05) is 0 Å². The third kappa shape index (κ3) is 2.76. The molecular formula is C13H24N2O. The first-order valence-corrected chi connectivity index (χ1v) is 6.78. The van der Waals surface area contributed by atoms with Gasteiger partial charge in [-0.05, 0) is 45.1 Å². The summed E-state index contributed by atoms with van der Waals surface area (Å²) in [4.78, 5) is 11.7. The fraction of sp³-hybridized carbons (Fsp3) is 0.923. The third-order valence-corrected chi connectivity index (χ3v) is 4.06. The van der Waals surface area contributed by atoms with E-state index in [0.29, 0.717) is 18.0 Å². The first-order valence-electron chi connectivity index (χ1n) is 6.78. The maximum atomic E-state index is 11.7. The maximum absolute atomic E-state index is 11.7. The molecule has 92 valence electrons. The Morgan fingerprint density at radius 3 is 2.94 bits per heavy atom. The van der Waals surface area contributed by atoms with Gasteiger partial charge in [0.15, 0.2) is 0 Å². The van der Waals surface area contributed by atoms with E-state index in [-0.39, 0.29) is 5.91 Å². The van der Waals surface area contributed by atoms with Crippen molar-refractivity contribution in [1.29, 1.82) is 0 Å². The summed E-state index contributed by atoms with van der Waals surface area (Å²) >= 11 is 0. The van der Waals surface area contributed by atoms with Crippen LogP contribution in [0.25, 0.3) is 0 Å². The molecule has 3 nitrogen and oxygen atoms in total. The predicted octanol–water partition coefficient (Wildman–Crippen LogP) is 1.97. The summed E-state index contributed by atoms with van der Waals surface area (Å²) < 4.78 is 0. The highest BCUT2D eigenvalue weighted by molar-refractivity contribution is 5.76. The van der Waals surface area contributed by atoms with Gasteiger partial charge in [0.25, 0.3) is 0 Å². The summed E-state index contributed by atoms with van der Waals surface area (Å²) in [6.07, 6.45) is 9.01. The van der Waals surface area contributed by atoms with Gasteiger partial charge in [0.2, 0.25) is 5.91 Å². The van der Waals surface area contributed by atoms with E-state index in [1.165, 1.54) is 19.3 Å². The largest absolute Gasteiger partial charge is 0.353 e. The van der Waals surface area contributed by atoms with Crippen LogP contribution in [0.2, 0.25) is 0 Å². The fourth-order valence-electron chi connectivity index (χ4n) is 2.90. The number of piperidine rings is 1. The highest BCUT2D eigenvalue weighted by Crippen LogP contribution is 2.38. The first kappa shape index (κ1) is 11.9. The van der Waals surface area contributed by atoms with E-state index in [1.54, 1.807) is 0 Å². The van der Waals surface area contributed by atoms with Crippen LogP contribution >= 0.6 is 0 Å². The van der Waals surface area contributed by atoms with Gasteiger partial charge in [0.1, 0.15) is 0 Å². The topological polar surface area (TPSA) is 41.1 Å². The molecule has 2 N–H and O–H groups in total. The molecule has 1 heterocycles. The summed E-state index contributed by atoms with van der Waals surface area (Å²) in [7, 11) is 0. The van der Waals surface area contributed by atoms with Crippen molar-refractivity contribution < 1.29 is 4.79 Å². The fourth-order valence-corrected chi connectivity index (χ4v) is 2.90. The minimum absolute atomic E-state index is 0.253. The maximum Gasteiger partial charge on any atom is 0.220 e. The van der Waals surface area contributed by atoms with Gasteiger partial charge in [0, 0.05) is 18.0 Å². The molecule has 1 amide bonds. The molecular weight excluding hydrogens is 200 g/mol. The Hall–Kier alpha value is -0.570. The van der Waals surface area contributed by atoms with Crippen molar-refractivity contribution in [2.24, 2.45) is 0 Å². The molecule has 1 atom stereocenters. The molecule has 2 aliphatic rings. The number of amides is 1. The minimum Gasteiger partial charge on any atom is -0.353 e. The Labute approximate surface area is 98.4 Å². The van der Waals surface area contributed by atoms with Crippen LogP contribution in [-0.2, 0) is 4.79 Å². The lowest BCUT2D eigenvalue weighted by Crippen LogP contribution is -2.59. The second-order valence-electron chi connectivity index (χ2n) is 5.42. The predicted molar refractivity (Wildman–Crippen MR) is 65.3 cm³/mol. The van der Waals surface area contributed by atoms with Gasteiger partial charge in [-0.2, -0.15) is 0 Å². The van der Waals surface area contributed by atoms with Crippen LogP contribution in [0.5, 0.6) is 0 Å². The monoisotopic (exact) mass is 224 g/mol. The molecule has 0 unspecified atom stereocenters. The van der Waals surface area contributed by atoms with Crippen molar-refractivity contribution in [3.63, 3.8) is 0 Å². The van der Waals surface area contributed by atoms with Crippen LogP contribution < -0.4 is 10.6 Å². The van der Waals surface area contributed by atoms with Gasteiger partial charge in [-0.3, -0.25) is 4.79 Å². The second kappa shape index (κ2) is 5.17. The zero-order valence-corrected chi connectivity index (χ0v) is 10.3. The zero-order valence-electron chi connectivity index (χ0n) is 10.3. The average Bonchev–Trinajstić information content (AvgIpc) is 2.24. The number of unbranched alkanes of at least 4 members (excludes halogenated alkanes) is 1. The Morgan fingerprint density at radius 2 is 2.31 bits per heavy atom. The Balaban J connectivity index is 1.74. The number of nitrogens with one attached hydrogen (secondary N) is 2. The van der Waals surface area contributed by atoms with Crippen LogP contribution in [-0.4, -0.2) is 24.0 Å². The van der Waals surface area contributed by atoms with Gasteiger partial charge < -0.3 is 10.6 Å².